The van der Waals surface area contributed by atoms with Gasteiger partial charge in [-0.05, 0) is 35.7 Å². The molecule has 0 aliphatic heterocycles. The van der Waals surface area contributed by atoms with Crippen molar-refractivity contribution in [1.29, 1.82) is 0 Å². The number of aliphatic hydroxyl groups excluding tert-OH is 1. The highest BCUT2D eigenvalue weighted by atomic mass is 19.4. The second-order valence-corrected chi connectivity index (χ2v) is 4.84. The minimum Gasteiger partial charge on any atom is -0.398 e. The first-order valence-electron chi connectivity index (χ1n) is 6.56. The van der Waals surface area contributed by atoms with Gasteiger partial charge in [0.05, 0.1) is 5.56 Å². The lowest BCUT2D eigenvalue weighted by Gasteiger charge is -2.16. The van der Waals surface area contributed by atoms with Gasteiger partial charge in [0.1, 0.15) is 6.10 Å². The summed E-state index contributed by atoms with van der Waals surface area (Å²) >= 11 is 0. The van der Waals surface area contributed by atoms with E-state index in [9.17, 15) is 18.3 Å². The van der Waals surface area contributed by atoms with Gasteiger partial charge in [0.2, 0.25) is 0 Å². The van der Waals surface area contributed by atoms with Crippen LogP contribution >= 0.6 is 0 Å². The zero-order valence-corrected chi connectivity index (χ0v) is 11.5. The van der Waals surface area contributed by atoms with Crippen molar-refractivity contribution >= 4 is 5.69 Å². The Labute approximate surface area is 121 Å². The van der Waals surface area contributed by atoms with E-state index in [1.54, 1.807) is 12.1 Å². The molecule has 0 saturated carbocycles. The Morgan fingerprint density at radius 3 is 2.24 bits per heavy atom. The molecule has 0 bridgehead atoms. The fourth-order valence-corrected chi connectivity index (χ4v) is 2.10. The topological polar surface area (TPSA) is 46.2 Å². The number of nitrogen functional groups attached to an aromatic ring is 1. The first-order valence-corrected chi connectivity index (χ1v) is 6.56. The zero-order chi connectivity index (χ0) is 15.6. The molecule has 2 aromatic carbocycles. The molecule has 0 radical (unpaired) electrons. The number of rotatable bonds is 3. The van der Waals surface area contributed by atoms with Crippen molar-refractivity contribution in [2.45, 2.75) is 25.6 Å². The predicted molar refractivity (Wildman–Crippen MR) is 75.7 cm³/mol. The Kier molecular flexibility index (Phi) is 4.23. The van der Waals surface area contributed by atoms with Gasteiger partial charge in [-0.1, -0.05) is 31.2 Å². The first kappa shape index (κ1) is 15.4. The van der Waals surface area contributed by atoms with E-state index in [2.05, 4.69) is 0 Å². The van der Waals surface area contributed by atoms with Gasteiger partial charge in [-0.3, -0.25) is 0 Å². The second kappa shape index (κ2) is 5.77. The fourth-order valence-electron chi connectivity index (χ4n) is 2.10. The van der Waals surface area contributed by atoms with Crippen molar-refractivity contribution in [3.8, 4) is 0 Å². The van der Waals surface area contributed by atoms with E-state index in [0.29, 0.717) is 5.56 Å². The molecule has 0 amide bonds. The smallest absolute Gasteiger partial charge is 0.398 e. The maximum atomic E-state index is 12.7. The zero-order valence-electron chi connectivity index (χ0n) is 11.5. The lowest BCUT2D eigenvalue weighted by Crippen LogP contribution is -2.09. The maximum Gasteiger partial charge on any atom is 0.416 e. The van der Waals surface area contributed by atoms with Crippen LogP contribution in [0.1, 0.15) is 35.3 Å². The van der Waals surface area contributed by atoms with Crippen LogP contribution < -0.4 is 5.73 Å². The van der Waals surface area contributed by atoms with E-state index in [4.69, 9.17) is 5.73 Å². The third-order valence-electron chi connectivity index (χ3n) is 3.41. The van der Waals surface area contributed by atoms with Crippen LogP contribution in [0.25, 0.3) is 0 Å². The normalized spacial score (nSPS) is 13.2. The van der Waals surface area contributed by atoms with Crippen molar-refractivity contribution in [3.63, 3.8) is 0 Å². The molecule has 112 valence electrons. The molecule has 0 aliphatic carbocycles. The van der Waals surface area contributed by atoms with Gasteiger partial charge in [-0.15, -0.1) is 0 Å². The molecule has 0 aliphatic rings. The molecule has 0 aromatic heterocycles. The van der Waals surface area contributed by atoms with Crippen LogP contribution in [0.3, 0.4) is 0 Å². The molecule has 21 heavy (non-hydrogen) atoms. The average molecular weight is 295 g/mol. The number of anilines is 1. The maximum absolute atomic E-state index is 12.7. The number of hydrogen-bond donors (Lipinski definition) is 2. The summed E-state index contributed by atoms with van der Waals surface area (Å²) in [6, 6.07) is 10.0. The Hall–Kier alpha value is -2.01. The van der Waals surface area contributed by atoms with Crippen molar-refractivity contribution in [3.05, 3.63) is 64.7 Å². The summed E-state index contributed by atoms with van der Waals surface area (Å²) in [4.78, 5) is 0. The van der Waals surface area contributed by atoms with E-state index in [-0.39, 0.29) is 11.3 Å². The molecule has 2 nitrogen and oxygen atoms in total. The van der Waals surface area contributed by atoms with Crippen LogP contribution in [0.4, 0.5) is 18.9 Å². The van der Waals surface area contributed by atoms with Crippen LogP contribution in [0.2, 0.25) is 0 Å². The van der Waals surface area contributed by atoms with E-state index in [1.165, 1.54) is 6.07 Å². The van der Waals surface area contributed by atoms with Crippen molar-refractivity contribution in [2.75, 3.05) is 5.73 Å². The van der Waals surface area contributed by atoms with Gasteiger partial charge in [-0.25, -0.2) is 0 Å². The number of aryl methyl sites for hydroxylation is 1. The largest absolute Gasteiger partial charge is 0.416 e. The molecule has 2 rings (SSSR count). The number of alkyl halides is 3. The molecular formula is C16H16F3NO. The summed E-state index contributed by atoms with van der Waals surface area (Å²) in [7, 11) is 0. The van der Waals surface area contributed by atoms with Crippen LogP contribution in [0.5, 0.6) is 0 Å². The Balaban J connectivity index is 2.39. The summed E-state index contributed by atoms with van der Waals surface area (Å²) in [5.41, 5.74) is 6.67. The van der Waals surface area contributed by atoms with E-state index in [0.717, 1.165) is 24.1 Å². The van der Waals surface area contributed by atoms with Crippen LogP contribution in [0, 0.1) is 0 Å². The number of benzene rings is 2. The molecule has 5 heteroatoms. The molecule has 0 heterocycles. The number of aliphatic hydroxyl groups is 1. The van der Waals surface area contributed by atoms with Crippen molar-refractivity contribution in [2.24, 2.45) is 0 Å². The lowest BCUT2D eigenvalue weighted by atomic mass is 9.97. The summed E-state index contributed by atoms with van der Waals surface area (Å²) < 4.78 is 38.2. The van der Waals surface area contributed by atoms with Gasteiger partial charge >= 0.3 is 6.18 Å². The molecule has 3 N–H and O–H groups in total. The highest BCUT2D eigenvalue weighted by Gasteiger charge is 2.31. The van der Waals surface area contributed by atoms with Crippen LogP contribution in [0.15, 0.2) is 42.5 Å². The number of nitrogens with two attached hydrogens (primary N) is 1. The molecule has 1 atom stereocenters. The standard InChI is InChI=1S/C16H16F3NO/c1-2-10-3-5-11(6-4-10)15(21)13-9-12(16(17,18)19)7-8-14(13)20/h3-9,15,21H,2,20H2,1H3. The molecule has 1 unspecified atom stereocenters. The quantitative estimate of drug-likeness (QED) is 0.843. The highest BCUT2D eigenvalue weighted by molar-refractivity contribution is 5.52. The van der Waals surface area contributed by atoms with Gasteiger partial charge < -0.3 is 10.8 Å². The molecule has 0 saturated heterocycles. The summed E-state index contributed by atoms with van der Waals surface area (Å²) in [5.74, 6) is 0. The van der Waals surface area contributed by atoms with Gasteiger partial charge in [0, 0.05) is 11.3 Å². The highest BCUT2D eigenvalue weighted by Crippen LogP contribution is 2.34. The molecule has 2 aromatic rings. The van der Waals surface area contributed by atoms with Gasteiger partial charge in [0.15, 0.2) is 0 Å². The Bertz CT molecular complexity index is 620. The second-order valence-electron chi connectivity index (χ2n) is 4.84. The van der Waals surface area contributed by atoms with E-state index in [1.807, 2.05) is 19.1 Å². The Morgan fingerprint density at radius 2 is 1.71 bits per heavy atom. The number of halogens is 3. The Morgan fingerprint density at radius 1 is 1.10 bits per heavy atom. The molecule has 0 spiro atoms. The summed E-state index contributed by atoms with van der Waals surface area (Å²) in [6.07, 6.45) is -4.80. The van der Waals surface area contributed by atoms with Crippen molar-refractivity contribution < 1.29 is 18.3 Å². The lowest BCUT2D eigenvalue weighted by molar-refractivity contribution is -0.137. The predicted octanol–water partition coefficient (Wildman–Crippen LogP) is 3.93. The monoisotopic (exact) mass is 295 g/mol. The van der Waals surface area contributed by atoms with Crippen LogP contribution in [-0.2, 0) is 12.6 Å². The van der Waals surface area contributed by atoms with Gasteiger partial charge in [0.25, 0.3) is 0 Å². The summed E-state index contributed by atoms with van der Waals surface area (Å²) in [6.45, 7) is 2.00. The van der Waals surface area contributed by atoms with E-state index < -0.39 is 17.8 Å². The van der Waals surface area contributed by atoms with E-state index >= 15 is 0 Å². The molecule has 0 fully saturated rings. The fraction of sp³-hybridized carbons (Fsp3) is 0.250. The van der Waals surface area contributed by atoms with Crippen molar-refractivity contribution in [1.82, 2.24) is 0 Å². The first-order chi connectivity index (χ1) is 9.82. The third kappa shape index (κ3) is 3.36. The average Bonchev–Trinajstić information content (AvgIpc) is 2.46. The SMILES string of the molecule is CCc1ccc(C(O)c2cc(C(F)(F)F)ccc2N)cc1. The number of hydrogen-bond acceptors (Lipinski definition) is 2. The minimum atomic E-state index is -4.46. The van der Waals surface area contributed by atoms with Gasteiger partial charge in [-0.2, -0.15) is 13.2 Å². The third-order valence-corrected chi connectivity index (χ3v) is 3.41. The molecular weight excluding hydrogens is 279 g/mol. The summed E-state index contributed by atoms with van der Waals surface area (Å²) in [5, 5.41) is 10.3. The van der Waals surface area contributed by atoms with Crippen LogP contribution in [-0.4, -0.2) is 5.11 Å². The minimum absolute atomic E-state index is 0.0640.